The third kappa shape index (κ3) is 3.14. The van der Waals surface area contributed by atoms with Crippen molar-refractivity contribution in [3.05, 3.63) is 82.2 Å². The van der Waals surface area contributed by atoms with Gasteiger partial charge in [0.05, 0.1) is 23.2 Å². The highest BCUT2D eigenvalue weighted by Gasteiger charge is 2.17. The van der Waals surface area contributed by atoms with Gasteiger partial charge in [0.1, 0.15) is 0 Å². The molecule has 0 saturated heterocycles. The van der Waals surface area contributed by atoms with Crippen molar-refractivity contribution in [2.24, 2.45) is 5.73 Å². The molecule has 24 heavy (non-hydrogen) atoms. The van der Waals surface area contributed by atoms with Gasteiger partial charge in [-0.2, -0.15) is 5.10 Å². The van der Waals surface area contributed by atoms with Crippen LogP contribution in [0.4, 0.5) is 5.69 Å². The van der Waals surface area contributed by atoms with Gasteiger partial charge in [0.2, 0.25) is 5.91 Å². The fraction of sp³-hybridized carbons (Fsp3) is 0.0588. The molecule has 2 aromatic carbocycles. The summed E-state index contributed by atoms with van der Waals surface area (Å²) in [5.74, 6) is -0.699. The quantitative estimate of drug-likeness (QED) is 0.576. The number of nitro benzene ring substituents is 1. The van der Waals surface area contributed by atoms with Crippen molar-refractivity contribution >= 4 is 11.6 Å². The van der Waals surface area contributed by atoms with Gasteiger partial charge in [-0.1, -0.05) is 30.3 Å². The fourth-order valence-electron chi connectivity index (χ4n) is 2.43. The van der Waals surface area contributed by atoms with E-state index < -0.39 is 10.8 Å². The summed E-state index contributed by atoms with van der Waals surface area (Å²) >= 11 is 0. The topological polar surface area (TPSA) is 104 Å². The van der Waals surface area contributed by atoms with Crippen LogP contribution in [0.25, 0.3) is 11.1 Å². The van der Waals surface area contributed by atoms with Gasteiger partial charge >= 0.3 is 0 Å². The number of nitrogens with two attached hydrogens (primary N) is 1. The minimum absolute atomic E-state index is 0.107. The normalized spacial score (nSPS) is 10.5. The summed E-state index contributed by atoms with van der Waals surface area (Å²) in [4.78, 5) is 21.9. The first-order valence-electron chi connectivity index (χ1n) is 7.19. The predicted molar refractivity (Wildman–Crippen MR) is 88.4 cm³/mol. The van der Waals surface area contributed by atoms with Crippen LogP contribution in [0.2, 0.25) is 0 Å². The zero-order valence-corrected chi connectivity index (χ0v) is 12.6. The fourth-order valence-corrected chi connectivity index (χ4v) is 2.43. The van der Waals surface area contributed by atoms with E-state index in [1.165, 1.54) is 18.2 Å². The summed E-state index contributed by atoms with van der Waals surface area (Å²) in [5, 5.41) is 15.5. The number of aromatic nitrogens is 2. The van der Waals surface area contributed by atoms with Crippen molar-refractivity contribution in [1.82, 2.24) is 9.78 Å². The van der Waals surface area contributed by atoms with E-state index in [1.54, 1.807) is 10.9 Å². The molecule has 2 N–H and O–H groups in total. The van der Waals surface area contributed by atoms with Crippen molar-refractivity contribution in [2.75, 3.05) is 0 Å². The number of rotatable bonds is 5. The van der Waals surface area contributed by atoms with Crippen LogP contribution in [-0.2, 0) is 6.54 Å². The number of carbonyl (C=O) groups is 1. The number of hydrogen-bond donors (Lipinski definition) is 1. The third-order valence-corrected chi connectivity index (χ3v) is 3.64. The van der Waals surface area contributed by atoms with Gasteiger partial charge in [0.15, 0.2) is 0 Å². The first-order chi connectivity index (χ1) is 11.5. The van der Waals surface area contributed by atoms with Crippen molar-refractivity contribution in [3.63, 3.8) is 0 Å². The standard InChI is InChI=1S/C17H14N4O3/c18-17(22)13-6-7-14(16(8-13)21(23)24)10-20-11-15(9-19-20)12-4-2-1-3-5-12/h1-9,11H,10H2,(H2,18,22). The molecule has 0 spiro atoms. The van der Waals surface area contributed by atoms with E-state index in [2.05, 4.69) is 5.10 Å². The molecule has 0 aliphatic rings. The largest absolute Gasteiger partial charge is 0.366 e. The minimum atomic E-state index is -0.699. The summed E-state index contributed by atoms with van der Waals surface area (Å²) in [7, 11) is 0. The van der Waals surface area contributed by atoms with E-state index in [4.69, 9.17) is 5.73 Å². The van der Waals surface area contributed by atoms with E-state index in [0.717, 1.165) is 11.1 Å². The van der Waals surface area contributed by atoms with Gasteiger partial charge in [-0.25, -0.2) is 0 Å². The maximum atomic E-state index is 11.2. The first kappa shape index (κ1) is 15.4. The Hall–Kier alpha value is -3.48. The second kappa shape index (κ2) is 6.33. The Morgan fingerprint density at radius 3 is 2.58 bits per heavy atom. The number of benzene rings is 2. The Morgan fingerprint density at radius 2 is 1.92 bits per heavy atom. The van der Waals surface area contributed by atoms with Gasteiger partial charge < -0.3 is 5.73 Å². The maximum absolute atomic E-state index is 11.2. The Morgan fingerprint density at radius 1 is 1.17 bits per heavy atom. The van der Waals surface area contributed by atoms with Crippen LogP contribution in [0, 0.1) is 10.1 Å². The highest BCUT2D eigenvalue weighted by atomic mass is 16.6. The predicted octanol–water partition coefficient (Wildman–Crippen LogP) is 2.61. The minimum Gasteiger partial charge on any atom is -0.366 e. The Bertz CT molecular complexity index is 903. The Kier molecular flexibility index (Phi) is 4.07. The van der Waals surface area contributed by atoms with Crippen LogP contribution < -0.4 is 5.73 Å². The van der Waals surface area contributed by atoms with Crippen LogP contribution in [0.1, 0.15) is 15.9 Å². The average molecular weight is 322 g/mol. The summed E-state index contributed by atoms with van der Waals surface area (Å²) in [6, 6.07) is 13.9. The van der Waals surface area contributed by atoms with E-state index in [9.17, 15) is 14.9 Å². The van der Waals surface area contributed by atoms with E-state index in [-0.39, 0.29) is 17.8 Å². The van der Waals surface area contributed by atoms with Crippen molar-refractivity contribution in [2.45, 2.75) is 6.54 Å². The lowest BCUT2D eigenvalue weighted by molar-refractivity contribution is -0.385. The molecule has 0 atom stereocenters. The van der Waals surface area contributed by atoms with Crippen molar-refractivity contribution < 1.29 is 9.72 Å². The zero-order valence-electron chi connectivity index (χ0n) is 12.6. The Labute approximate surface area is 137 Å². The molecule has 1 aromatic heterocycles. The second-order valence-corrected chi connectivity index (χ2v) is 5.26. The lowest BCUT2D eigenvalue weighted by atomic mass is 10.1. The van der Waals surface area contributed by atoms with Gasteiger partial charge in [-0.3, -0.25) is 19.6 Å². The SMILES string of the molecule is NC(=O)c1ccc(Cn2cc(-c3ccccc3)cn2)c([N+](=O)[O-])c1. The second-order valence-electron chi connectivity index (χ2n) is 5.26. The molecule has 0 aliphatic heterocycles. The van der Waals surface area contributed by atoms with Gasteiger partial charge in [-0.15, -0.1) is 0 Å². The van der Waals surface area contributed by atoms with Crippen LogP contribution >= 0.6 is 0 Å². The molecule has 3 aromatic rings. The molecule has 0 radical (unpaired) electrons. The number of carbonyl (C=O) groups excluding carboxylic acids is 1. The molecular formula is C17H14N4O3. The lowest BCUT2D eigenvalue weighted by Crippen LogP contribution is -2.12. The molecule has 0 bridgehead atoms. The summed E-state index contributed by atoms with van der Waals surface area (Å²) in [5.41, 5.74) is 7.52. The van der Waals surface area contributed by atoms with E-state index in [0.29, 0.717) is 5.56 Å². The first-order valence-corrected chi connectivity index (χ1v) is 7.19. The molecular weight excluding hydrogens is 308 g/mol. The van der Waals surface area contributed by atoms with E-state index in [1.807, 2.05) is 36.5 Å². The zero-order chi connectivity index (χ0) is 17.1. The van der Waals surface area contributed by atoms with Crippen LogP contribution in [0.15, 0.2) is 60.9 Å². The highest BCUT2D eigenvalue weighted by molar-refractivity contribution is 5.93. The molecule has 1 amide bonds. The van der Waals surface area contributed by atoms with Crippen molar-refractivity contribution in [1.29, 1.82) is 0 Å². The van der Waals surface area contributed by atoms with Gasteiger partial charge in [0.25, 0.3) is 5.69 Å². The van der Waals surface area contributed by atoms with Gasteiger partial charge in [0, 0.05) is 23.4 Å². The Balaban J connectivity index is 1.90. The van der Waals surface area contributed by atoms with Crippen LogP contribution in [-0.4, -0.2) is 20.6 Å². The number of amides is 1. The maximum Gasteiger partial charge on any atom is 0.275 e. The van der Waals surface area contributed by atoms with Crippen molar-refractivity contribution in [3.8, 4) is 11.1 Å². The molecule has 0 aliphatic carbocycles. The van der Waals surface area contributed by atoms with Crippen LogP contribution in [0.5, 0.6) is 0 Å². The summed E-state index contributed by atoms with van der Waals surface area (Å²) in [6.45, 7) is 0.224. The molecule has 0 fully saturated rings. The number of nitrogens with zero attached hydrogens (tertiary/aromatic N) is 3. The summed E-state index contributed by atoms with van der Waals surface area (Å²) in [6.07, 6.45) is 3.53. The average Bonchev–Trinajstić information content (AvgIpc) is 3.04. The number of hydrogen-bond acceptors (Lipinski definition) is 4. The molecule has 3 rings (SSSR count). The molecule has 0 unspecified atom stereocenters. The third-order valence-electron chi connectivity index (χ3n) is 3.64. The lowest BCUT2D eigenvalue weighted by Gasteiger charge is -2.05. The van der Waals surface area contributed by atoms with Crippen LogP contribution in [0.3, 0.4) is 0 Å². The molecule has 0 saturated carbocycles. The smallest absolute Gasteiger partial charge is 0.275 e. The molecule has 7 nitrogen and oxygen atoms in total. The molecule has 7 heteroatoms. The van der Waals surface area contributed by atoms with Gasteiger partial charge in [-0.05, 0) is 17.7 Å². The monoisotopic (exact) mass is 322 g/mol. The molecule has 1 heterocycles. The number of nitro groups is 1. The molecule has 120 valence electrons. The summed E-state index contributed by atoms with van der Waals surface area (Å²) < 4.78 is 1.62. The highest BCUT2D eigenvalue weighted by Crippen LogP contribution is 2.23. The number of primary amides is 1. The van der Waals surface area contributed by atoms with E-state index >= 15 is 0 Å².